The summed E-state index contributed by atoms with van der Waals surface area (Å²) in [7, 11) is 0. The molecule has 0 saturated heterocycles. The van der Waals surface area contributed by atoms with Crippen molar-refractivity contribution in [1.82, 2.24) is 4.98 Å². The maximum absolute atomic E-state index is 12.1. The highest BCUT2D eigenvalue weighted by atomic mass is 79.9. The average molecular weight is 356 g/mol. The van der Waals surface area contributed by atoms with Crippen molar-refractivity contribution in [2.24, 2.45) is 0 Å². The lowest BCUT2D eigenvalue weighted by Crippen LogP contribution is -2.12. The van der Waals surface area contributed by atoms with Crippen LogP contribution in [0.1, 0.15) is 10.4 Å². The number of hydrogen-bond donors (Lipinski definition) is 1. The number of halogens is 2. The second kappa shape index (κ2) is 5.30. The van der Waals surface area contributed by atoms with Crippen molar-refractivity contribution in [3.8, 4) is 11.5 Å². The van der Waals surface area contributed by atoms with Crippen LogP contribution in [0.25, 0.3) is 0 Å². The Morgan fingerprint density at radius 3 is 2.90 bits per heavy atom. The Kier molecular flexibility index (Phi) is 3.50. The summed E-state index contributed by atoms with van der Waals surface area (Å²) in [5.74, 6) is 0.935. The molecule has 1 N–H and O–H groups in total. The molecule has 5 nitrogen and oxygen atoms in total. The molecule has 1 aliphatic rings. The summed E-state index contributed by atoms with van der Waals surface area (Å²) in [6.45, 7) is 0.175. The van der Waals surface area contributed by atoms with Gasteiger partial charge in [-0.3, -0.25) is 4.79 Å². The average Bonchev–Trinajstić information content (AvgIpc) is 2.90. The number of benzene rings is 1. The summed E-state index contributed by atoms with van der Waals surface area (Å²) in [5.41, 5.74) is 1.02. The monoisotopic (exact) mass is 354 g/mol. The van der Waals surface area contributed by atoms with E-state index in [1.165, 1.54) is 6.20 Å². The van der Waals surface area contributed by atoms with Crippen molar-refractivity contribution in [1.29, 1.82) is 0 Å². The molecule has 7 heteroatoms. The number of nitrogens with zero attached hydrogens (tertiary/aromatic N) is 1. The van der Waals surface area contributed by atoms with Gasteiger partial charge in [-0.05, 0) is 40.2 Å². The molecule has 1 amide bonds. The molecule has 0 saturated carbocycles. The number of fused-ring (bicyclic) bond motifs is 1. The number of carbonyl (C=O) groups excluding carboxylic acids is 1. The molecule has 3 rings (SSSR count). The van der Waals surface area contributed by atoms with Crippen LogP contribution in [0.5, 0.6) is 11.5 Å². The largest absolute Gasteiger partial charge is 0.454 e. The molecule has 2 heterocycles. The zero-order valence-electron chi connectivity index (χ0n) is 10.0. The van der Waals surface area contributed by atoms with Crippen LogP contribution in [0.4, 0.5) is 5.69 Å². The summed E-state index contributed by atoms with van der Waals surface area (Å²) in [5, 5.41) is 3.07. The Morgan fingerprint density at radius 2 is 2.10 bits per heavy atom. The number of anilines is 1. The predicted molar refractivity (Wildman–Crippen MR) is 77.5 cm³/mol. The molecule has 1 aromatic carbocycles. The van der Waals surface area contributed by atoms with Crippen LogP contribution in [0.3, 0.4) is 0 Å². The molecular weight excluding hydrogens is 348 g/mol. The number of ether oxygens (including phenoxy) is 2. The molecule has 0 unspecified atom stereocenters. The lowest BCUT2D eigenvalue weighted by atomic mass is 10.2. The quantitative estimate of drug-likeness (QED) is 0.838. The van der Waals surface area contributed by atoms with Crippen LogP contribution in [-0.4, -0.2) is 17.7 Å². The zero-order chi connectivity index (χ0) is 14.1. The van der Waals surface area contributed by atoms with Gasteiger partial charge < -0.3 is 14.8 Å². The fourth-order valence-electron chi connectivity index (χ4n) is 1.73. The molecule has 0 fully saturated rings. The molecule has 0 aliphatic carbocycles. The minimum Gasteiger partial charge on any atom is -0.454 e. The van der Waals surface area contributed by atoms with Gasteiger partial charge >= 0.3 is 0 Å². The van der Waals surface area contributed by atoms with E-state index in [1.54, 1.807) is 24.3 Å². The highest BCUT2D eigenvalue weighted by Gasteiger charge is 2.16. The minimum atomic E-state index is -0.265. The third-order valence-electron chi connectivity index (χ3n) is 2.69. The van der Waals surface area contributed by atoms with Crippen molar-refractivity contribution >= 4 is 39.1 Å². The van der Waals surface area contributed by atoms with E-state index in [0.29, 0.717) is 32.4 Å². The highest BCUT2D eigenvalue weighted by molar-refractivity contribution is 9.10. The Labute approximate surface area is 128 Å². The molecule has 0 spiro atoms. The van der Waals surface area contributed by atoms with Crippen molar-refractivity contribution in [2.75, 3.05) is 12.1 Å². The number of nitrogens with one attached hydrogen (secondary N) is 1. The van der Waals surface area contributed by atoms with Gasteiger partial charge in [0.25, 0.3) is 5.91 Å². The molecule has 1 aromatic heterocycles. The van der Waals surface area contributed by atoms with E-state index >= 15 is 0 Å². The number of amides is 1. The van der Waals surface area contributed by atoms with Crippen LogP contribution < -0.4 is 14.8 Å². The molecule has 2 aromatic rings. The Balaban J connectivity index is 1.80. The fourth-order valence-corrected chi connectivity index (χ4v) is 2.18. The van der Waals surface area contributed by atoms with E-state index < -0.39 is 0 Å². The first-order valence-electron chi connectivity index (χ1n) is 5.65. The first-order chi connectivity index (χ1) is 9.63. The zero-order valence-corrected chi connectivity index (χ0v) is 12.4. The fraction of sp³-hybridized carbons (Fsp3) is 0.0769. The van der Waals surface area contributed by atoms with E-state index in [9.17, 15) is 4.79 Å². The standard InChI is InChI=1S/C13H8BrClN2O3/c14-9-4-8(5-16-12(9)15)17-13(18)7-1-2-10-11(3-7)20-6-19-10/h1-5H,6H2,(H,17,18). The smallest absolute Gasteiger partial charge is 0.255 e. The van der Waals surface area contributed by atoms with E-state index in [2.05, 4.69) is 26.2 Å². The molecule has 102 valence electrons. The normalized spacial score (nSPS) is 12.3. The minimum absolute atomic E-state index is 0.175. The van der Waals surface area contributed by atoms with Gasteiger partial charge in [0.15, 0.2) is 11.5 Å². The number of hydrogen-bond acceptors (Lipinski definition) is 4. The predicted octanol–water partition coefficient (Wildman–Crippen LogP) is 3.48. The van der Waals surface area contributed by atoms with Gasteiger partial charge in [0.05, 0.1) is 16.4 Å². The molecule has 20 heavy (non-hydrogen) atoms. The second-order valence-electron chi connectivity index (χ2n) is 4.02. The SMILES string of the molecule is O=C(Nc1cnc(Cl)c(Br)c1)c1ccc2c(c1)OCO2. The Hall–Kier alpha value is -1.79. The molecule has 0 atom stereocenters. The van der Waals surface area contributed by atoms with Gasteiger partial charge in [0, 0.05) is 5.56 Å². The Bertz CT molecular complexity index is 693. The topological polar surface area (TPSA) is 60.5 Å². The number of pyridine rings is 1. The molecular formula is C13H8BrClN2O3. The summed E-state index contributed by atoms with van der Waals surface area (Å²) >= 11 is 9.05. The van der Waals surface area contributed by atoms with Crippen molar-refractivity contribution in [3.05, 3.63) is 45.7 Å². The number of carbonyl (C=O) groups is 1. The summed E-state index contributed by atoms with van der Waals surface area (Å²) in [6.07, 6.45) is 1.48. The lowest BCUT2D eigenvalue weighted by molar-refractivity contribution is 0.102. The van der Waals surface area contributed by atoms with Crippen LogP contribution in [0.15, 0.2) is 34.9 Å². The molecule has 0 radical (unpaired) electrons. The number of rotatable bonds is 2. The Morgan fingerprint density at radius 1 is 1.30 bits per heavy atom. The summed E-state index contributed by atoms with van der Waals surface area (Å²) in [4.78, 5) is 16.1. The van der Waals surface area contributed by atoms with Gasteiger partial charge in [0.1, 0.15) is 5.15 Å². The third kappa shape index (κ3) is 2.57. The van der Waals surface area contributed by atoms with Crippen LogP contribution in [-0.2, 0) is 0 Å². The second-order valence-corrected chi connectivity index (χ2v) is 5.23. The third-order valence-corrected chi connectivity index (χ3v) is 3.82. The van der Waals surface area contributed by atoms with Crippen molar-refractivity contribution in [2.45, 2.75) is 0 Å². The van der Waals surface area contributed by atoms with Crippen LogP contribution >= 0.6 is 27.5 Å². The number of aromatic nitrogens is 1. The highest BCUT2D eigenvalue weighted by Crippen LogP contribution is 2.32. The van der Waals surface area contributed by atoms with Gasteiger partial charge in [-0.1, -0.05) is 11.6 Å². The van der Waals surface area contributed by atoms with Crippen molar-refractivity contribution < 1.29 is 14.3 Å². The first kappa shape index (κ1) is 13.2. The van der Waals surface area contributed by atoms with Gasteiger partial charge in [0.2, 0.25) is 6.79 Å². The lowest BCUT2D eigenvalue weighted by Gasteiger charge is -2.06. The maximum atomic E-state index is 12.1. The van der Waals surface area contributed by atoms with Gasteiger partial charge in [-0.15, -0.1) is 0 Å². The van der Waals surface area contributed by atoms with Crippen LogP contribution in [0.2, 0.25) is 5.15 Å². The van der Waals surface area contributed by atoms with Gasteiger partial charge in [-0.2, -0.15) is 0 Å². The molecule has 0 bridgehead atoms. The summed E-state index contributed by atoms with van der Waals surface area (Å²) in [6, 6.07) is 6.69. The van der Waals surface area contributed by atoms with E-state index in [0.717, 1.165) is 0 Å². The maximum Gasteiger partial charge on any atom is 0.255 e. The molecule has 1 aliphatic heterocycles. The summed E-state index contributed by atoms with van der Waals surface area (Å²) < 4.78 is 11.0. The van der Waals surface area contributed by atoms with Gasteiger partial charge in [-0.25, -0.2) is 4.98 Å². The van der Waals surface area contributed by atoms with Crippen molar-refractivity contribution in [3.63, 3.8) is 0 Å². The van der Waals surface area contributed by atoms with E-state index in [-0.39, 0.29) is 12.7 Å². The van der Waals surface area contributed by atoms with E-state index in [4.69, 9.17) is 21.1 Å². The first-order valence-corrected chi connectivity index (χ1v) is 6.82. The van der Waals surface area contributed by atoms with E-state index in [1.807, 2.05) is 0 Å². The van der Waals surface area contributed by atoms with Crippen LogP contribution in [0, 0.1) is 0 Å².